The van der Waals surface area contributed by atoms with Crippen LogP contribution < -0.4 is 0 Å². The molecule has 0 radical (unpaired) electrons. The van der Waals surface area contributed by atoms with Crippen LogP contribution >= 0.6 is 0 Å². The Morgan fingerprint density at radius 3 is 2.31 bits per heavy atom. The molecule has 1 saturated carbocycles. The number of halogens is 3. The average Bonchev–Trinajstić information content (AvgIpc) is 2.82. The van der Waals surface area contributed by atoms with E-state index in [0.29, 0.717) is 17.7 Å². The highest BCUT2D eigenvalue weighted by molar-refractivity contribution is 7.89. The summed E-state index contributed by atoms with van der Waals surface area (Å²) in [6, 6.07) is 6.31. The Morgan fingerprint density at radius 1 is 1.17 bits per heavy atom. The van der Waals surface area contributed by atoms with Crippen LogP contribution in [0.4, 0.5) is 13.2 Å². The molecule has 0 spiro atoms. The Kier molecular flexibility index (Phi) is 5.31. The van der Waals surface area contributed by atoms with E-state index in [1.165, 1.54) is 12.1 Å². The number of carbonyl (C=O) groups excluding carboxylic acids is 1. The first kappa shape index (κ1) is 22.1. The molecule has 1 heterocycles. The topological polar surface area (TPSA) is 57.7 Å². The normalized spacial score (nSPS) is 26.8. The minimum atomic E-state index is -5.38. The molecule has 2 fully saturated rings. The van der Waals surface area contributed by atoms with E-state index in [4.69, 9.17) is 0 Å². The molecule has 162 valence electrons. The summed E-state index contributed by atoms with van der Waals surface area (Å²) < 4.78 is 61.1. The van der Waals surface area contributed by atoms with E-state index in [2.05, 4.69) is 20.8 Å². The third-order valence-electron chi connectivity index (χ3n) is 5.98. The van der Waals surface area contributed by atoms with Crippen molar-refractivity contribution in [1.29, 1.82) is 0 Å². The van der Waals surface area contributed by atoms with E-state index in [1.807, 2.05) is 4.90 Å². The van der Waals surface area contributed by atoms with Gasteiger partial charge in [-0.25, -0.2) is 8.42 Å². The van der Waals surface area contributed by atoms with Gasteiger partial charge >= 0.3 is 15.5 Å². The first-order valence-electron chi connectivity index (χ1n) is 9.56. The Morgan fingerprint density at radius 2 is 1.76 bits per heavy atom. The number of nitrogens with zero attached hydrogens (tertiary/aromatic N) is 2. The molecule has 1 aliphatic carbocycles. The molecule has 1 aliphatic heterocycles. The average molecular weight is 433 g/mol. The smallest absolute Gasteiger partial charge is 0.335 e. The van der Waals surface area contributed by atoms with Crippen molar-refractivity contribution in [3.8, 4) is 0 Å². The summed E-state index contributed by atoms with van der Waals surface area (Å²) in [6.07, 6.45) is 3.01. The van der Waals surface area contributed by atoms with Crippen LogP contribution in [0.5, 0.6) is 0 Å². The third-order valence-corrected chi connectivity index (χ3v) is 7.52. The van der Waals surface area contributed by atoms with Gasteiger partial charge in [0.25, 0.3) is 5.91 Å². The minimum Gasteiger partial charge on any atom is -0.335 e. The van der Waals surface area contributed by atoms with Gasteiger partial charge in [-0.05, 0) is 47.8 Å². The van der Waals surface area contributed by atoms with E-state index in [9.17, 15) is 26.4 Å². The molecule has 1 aromatic carbocycles. The first-order valence-corrected chi connectivity index (χ1v) is 11.0. The Balaban J connectivity index is 1.72. The summed E-state index contributed by atoms with van der Waals surface area (Å²) in [7, 11) is -4.50. The number of sulfonamides is 1. The first-order chi connectivity index (χ1) is 13.1. The Hall–Kier alpha value is -1.61. The van der Waals surface area contributed by atoms with Crippen LogP contribution in [-0.4, -0.2) is 48.7 Å². The largest absolute Gasteiger partial charge is 0.511 e. The van der Waals surface area contributed by atoms with Gasteiger partial charge in [-0.1, -0.05) is 32.9 Å². The fourth-order valence-electron chi connectivity index (χ4n) is 5.13. The second-order valence-corrected chi connectivity index (χ2v) is 11.6. The molecule has 0 aromatic heterocycles. The molecule has 5 nitrogen and oxygen atoms in total. The van der Waals surface area contributed by atoms with Crippen molar-refractivity contribution in [3.63, 3.8) is 0 Å². The van der Waals surface area contributed by atoms with E-state index < -0.39 is 22.1 Å². The van der Waals surface area contributed by atoms with Gasteiger partial charge in [0, 0.05) is 31.7 Å². The summed E-state index contributed by atoms with van der Waals surface area (Å²) in [4.78, 5) is 15.0. The highest BCUT2D eigenvalue weighted by Gasteiger charge is 2.51. The number of carbonyl (C=O) groups is 1. The van der Waals surface area contributed by atoms with Crippen LogP contribution in [0.3, 0.4) is 0 Å². The standard InChI is InChI=1S/C20H27F3N2O3S/c1-18(2)9-16-10-19(3,12-18)13-25(16)17(26)15-7-5-14(6-8-15)11-24(4)29(27,28)20(21,22)23/h5-8,16H,9-13H2,1-4H3. The zero-order chi connectivity index (χ0) is 21.8. The van der Waals surface area contributed by atoms with Gasteiger partial charge in [-0.15, -0.1) is 0 Å². The van der Waals surface area contributed by atoms with Gasteiger partial charge in [-0.2, -0.15) is 17.5 Å². The maximum absolute atomic E-state index is 13.0. The summed E-state index contributed by atoms with van der Waals surface area (Å²) in [5, 5.41) is 0. The molecule has 3 rings (SSSR count). The highest BCUT2D eigenvalue weighted by Crippen LogP contribution is 2.52. The van der Waals surface area contributed by atoms with Crippen molar-refractivity contribution in [3.05, 3.63) is 35.4 Å². The second kappa shape index (κ2) is 6.97. The molecular formula is C20H27F3N2O3S. The molecule has 2 bridgehead atoms. The molecule has 2 aliphatic rings. The zero-order valence-electron chi connectivity index (χ0n) is 17.1. The molecular weight excluding hydrogens is 405 g/mol. The van der Waals surface area contributed by atoms with Gasteiger partial charge in [0.05, 0.1) is 0 Å². The monoisotopic (exact) mass is 432 g/mol. The van der Waals surface area contributed by atoms with E-state index in [-0.39, 0.29) is 27.1 Å². The SMILES string of the molecule is CN(Cc1ccc(C(=O)N2CC3(C)CC2CC(C)(C)C3)cc1)S(=O)(=O)C(F)(F)F. The van der Waals surface area contributed by atoms with Crippen LogP contribution in [0.2, 0.25) is 0 Å². The van der Waals surface area contributed by atoms with Crippen molar-refractivity contribution in [2.75, 3.05) is 13.6 Å². The number of hydrogen-bond acceptors (Lipinski definition) is 3. The molecule has 2 unspecified atom stereocenters. The van der Waals surface area contributed by atoms with Gasteiger partial charge < -0.3 is 4.90 Å². The van der Waals surface area contributed by atoms with E-state index in [1.54, 1.807) is 12.1 Å². The summed E-state index contributed by atoms with van der Waals surface area (Å²) in [5.74, 6) is -0.0840. The fraction of sp³-hybridized carbons (Fsp3) is 0.650. The summed E-state index contributed by atoms with van der Waals surface area (Å²) in [6.45, 7) is 6.95. The predicted octanol–water partition coefficient (Wildman–Crippen LogP) is 4.01. The van der Waals surface area contributed by atoms with Gasteiger partial charge in [0.2, 0.25) is 0 Å². The molecule has 2 atom stereocenters. The van der Waals surface area contributed by atoms with Gasteiger partial charge in [0.1, 0.15) is 0 Å². The van der Waals surface area contributed by atoms with Crippen molar-refractivity contribution < 1.29 is 26.4 Å². The van der Waals surface area contributed by atoms with Crippen molar-refractivity contribution in [1.82, 2.24) is 9.21 Å². The predicted molar refractivity (Wildman–Crippen MR) is 103 cm³/mol. The lowest BCUT2D eigenvalue weighted by atomic mass is 9.65. The molecule has 29 heavy (non-hydrogen) atoms. The number of benzene rings is 1. The van der Waals surface area contributed by atoms with Crippen molar-refractivity contribution >= 4 is 15.9 Å². The Labute approximate surface area is 169 Å². The van der Waals surface area contributed by atoms with Crippen LogP contribution in [0.15, 0.2) is 24.3 Å². The van der Waals surface area contributed by atoms with Crippen molar-refractivity contribution in [2.45, 2.75) is 58.1 Å². The molecule has 0 N–H and O–H groups in total. The zero-order valence-corrected chi connectivity index (χ0v) is 17.9. The van der Waals surface area contributed by atoms with Crippen LogP contribution in [-0.2, 0) is 16.6 Å². The van der Waals surface area contributed by atoms with Crippen molar-refractivity contribution in [2.24, 2.45) is 10.8 Å². The quantitative estimate of drug-likeness (QED) is 0.722. The minimum absolute atomic E-state index is 0.0840. The fourth-order valence-corrected chi connectivity index (χ4v) is 5.81. The molecule has 1 aromatic rings. The molecule has 1 saturated heterocycles. The number of likely N-dealkylation sites (tertiary alicyclic amines) is 1. The molecule has 9 heteroatoms. The number of alkyl halides is 3. The summed E-state index contributed by atoms with van der Waals surface area (Å²) >= 11 is 0. The van der Waals surface area contributed by atoms with E-state index in [0.717, 1.165) is 26.3 Å². The molecule has 1 amide bonds. The van der Waals surface area contributed by atoms with Gasteiger partial charge in [-0.3, -0.25) is 4.79 Å². The Bertz CT molecular complexity index is 897. The number of fused-ring (bicyclic) bond motifs is 2. The third kappa shape index (κ3) is 4.30. The maximum Gasteiger partial charge on any atom is 0.511 e. The van der Waals surface area contributed by atoms with Crippen LogP contribution in [0.25, 0.3) is 0 Å². The highest BCUT2D eigenvalue weighted by atomic mass is 32.2. The van der Waals surface area contributed by atoms with Crippen LogP contribution in [0, 0.1) is 10.8 Å². The lowest BCUT2D eigenvalue weighted by molar-refractivity contribution is -0.0484. The van der Waals surface area contributed by atoms with Crippen LogP contribution in [0.1, 0.15) is 56.0 Å². The summed E-state index contributed by atoms with van der Waals surface area (Å²) in [5.41, 5.74) is -4.20. The number of amides is 1. The second-order valence-electron chi connectivity index (χ2n) is 9.55. The maximum atomic E-state index is 13.0. The lowest BCUT2D eigenvalue weighted by Gasteiger charge is -2.39. The lowest BCUT2D eigenvalue weighted by Crippen LogP contribution is -2.38. The number of rotatable bonds is 4. The van der Waals surface area contributed by atoms with E-state index >= 15 is 0 Å². The number of hydrogen-bond donors (Lipinski definition) is 0. The van der Waals surface area contributed by atoms with Gasteiger partial charge in [0.15, 0.2) is 0 Å².